The molecule has 88 valence electrons. The smallest absolute Gasteiger partial charge is 0.144 e. The average molecular weight is 259 g/mol. The highest BCUT2D eigenvalue weighted by molar-refractivity contribution is 6.32. The Balaban J connectivity index is 1.81. The minimum Gasteiger partial charge on any atom is -0.369 e. The van der Waals surface area contributed by atoms with Crippen LogP contribution < -0.4 is 5.32 Å². The summed E-state index contributed by atoms with van der Waals surface area (Å²) in [6.45, 7) is 0.945. The fourth-order valence-corrected chi connectivity index (χ4v) is 2.52. The third kappa shape index (κ3) is 3.26. The lowest BCUT2D eigenvalue weighted by molar-refractivity contribution is 0.377. The number of anilines is 1. The maximum absolute atomic E-state index is 6.07. The Labute approximate surface area is 106 Å². The van der Waals surface area contributed by atoms with Crippen molar-refractivity contribution < 1.29 is 0 Å². The van der Waals surface area contributed by atoms with E-state index in [1.165, 1.54) is 12.8 Å². The van der Waals surface area contributed by atoms with Crippen molar-refractivity contribution in [1.82, 2.24) is 4.98 Å². The molecule has 0 atom stereocenters. The number of aromatic nitrogens is 1. The normalized spacial score (nSPS) is 25.4. The van der Waals surface area contributed by atoms with Gasteiger partial charge in [-0.25, -0.2) is 4.98 Å². The molecule has 1 aromatic rings. The molecule has 0 saturated heterocycles. The van der Waals surface area contributed by atoms with Crippen molar-refractivity contribution >= 4 is 29.0 Å². The number of alkyl halides is 1. The second-order valence-corrected chi connectivity index (χ2v) is 5.36. The minimum absolute atomic E-state index is 0.384. The summed E-state index contributed by atoms with van der Waals surface area (Å²) in [7, 11) is 0. The van der Waals surface area contributed by atoms with Crippen molar-refractivity contribution in [2.75, 3.05) is 11.9 Å². The summed E-state index contributed by atoms with van der Waals surface area (Å²) in [5.41, 5.74) is 0. The first-order chi connectivity index (χ1) is 7.75. The van der Waals surface area contributed by atoms with E-state index in [2.05, 4.69) is 10.3 Å². The molecule has 1 aliphatic carbocycles. The number of hydrogen-bond acceptors (Lipinski definition) is 2. The molecule has 0 radical (unpaired) electrons. The maximum Gasteiger partial charge on any atom is 0.144 e. The zero-order valence-corrected chi connectivity index (χ0v) is 10.6. The lowest BCUT2D eigenvalue weighted by atomic mass is 9.89. The molecular formula is C12H16Cl2N2. The van der Waals surface area contributed by atoms with Crippen LogP contribution in [0.25, 0.3) is 0 Å². The first kappa shape index (κ1) is 12.0. The highest BCUT2D eigenvalue weighted by Crippen LogP contribution is 2.28. The molecule has 0 aliphatic heterocycles. The molecule has 1 N–H and O–H groups in total. The van der Waals surface area contributed by atoms with E-state index < -0.39 is 0 Å². The second-order valence-electron chi connectivity index (χ2n) is 4.33. The van der Waals surface area contributed by atoms with E-state index in [0.29, 0.717) is 16.3 Å². The molecule has 0 unspecified atom stereocenters. The first-order valence-electron chi connectivity index (χ1n) is 5.74. The summed E-state index contributed by atoms with van der Waals surface area (Å²) in [6.07, 6.45) is 6.41. The number of nitrogens with zero attached hydrogens (tertiary/aromatic N) is 1. The first-order valence-corrected chi connectivity index (χ1v) is 6.55. The van der Waals surface area contributed by atoms with Gasteiger partial charge in [-0.1, -0.05) is 11.6 Å². The van der Waals surface area contributed by atoms with Crippen LogP contribution in [0.15, 0.2) is 18.3 Å². The number of rotatable bonds is 3. The lowest BCUT2D eigenvalue weighted by Crippen LogP contribution is -2.21. The van der Waals surface area contributed by atoms with E-state index >= 15 is 0 Å². The minimum atomic E-state index is 0.384. The van der Waals surface area contributed by atoms with E-state index in [4.69, 9.17) is 23.2 Å². The van der Waals surface area contributed by atoms with Crippen molar-refractivity contribution in [3.8, 4) is 0 Å². The molecule has 1 saturated carbocycles. The van der Waals surface area contributed by atoms with Gasteiger partial charge in [0.15, 0.2) is 0 Å². The van der Waals surface area contributed by atoms with Crippen molar-refractivity contribution in [2.24, 2.45) is 5.92 Å². The third-order valence-corrected chi connectivity index (χ3v) is 3.83. The van der Waals surface area contributed by atoms with Gasteiger partial charge < -0.3 is 5.32 Å². The number of hydrogen-bond donors (Lipinski definition) is 1. The van der Waals surface area contributed by atoms with Gasteiger partial charge in [-0.3, -0.25) is 0 Å². The molecule has 4 heteroatoms. The fraction of sp³-hybridized carbons (Fsp3) is 0.583. The van der Waals surface area contributed by atoms with Crippen LogP contribution in [0.4, 0.5) is 5.82 Å². The molecule has 1 fully saturated rings. The molecule has 0 aromatic carbocycles. The lowest BCUT2D eigenvalue weighted by Gasteiger charge is -2.25. The van der Waals surface area contributed by atoms with Crippen LogP contribution in [-0.4, -0.2) is 16.9 Å². The van der Waals surface area contributed by atoms with Crippen LogP contribution in [0.2, 0.25) is 5.02 Å². The SMILES string of the molecule is Clc1cccnc1NCC1CCC(Cl)CC1. The van der Waals surface area contributed by atoms with Gasteiger partial charge in [-0.2, -0.15) is 0 Å². The van der Waals surface area contributed by atoms with Crippen LogP contribution in [0.3, 0.4) is 0 Å². The highest BCUT2D eigenvalue weighted by atomic mass is 35.5. The number of nitrogens with one attached hydrogen (secondary N) is 1. The predicted octanol–water partition coefficient (Wildman–Crippen LogP) is 3.94. The molecule has 1 aromatic heterocycles. The zero-order chi connectivity index (χ0) is 11.4. The molecule has 2 rings (SSSR count). The molecular weight excluding hydrogens is 243 g/mol. The van der Waals surface area contributed by atoms with E-state index in [0.717, 1.165) is 25.2 Å². The molecule has 0 amide bonds. The Morgan fingerprint density at radius 2 is 2.06 bits per heavy atom. The molecule has 1 heterocycles. The van der Waals surface area contributed by atoms with E-state index in [1.54, 1.807) is 6.20 Å². The van der Waals surface area contributed by atoms with Gasteiger partial charge in [0.25, 0.3) is 0 Å². The van der Waals surface area contributed by atoms with E-state index in [-0.39, 0.29) is 0 Å². The number of pyridine rings is 1. The Hall–Kier alpha value is -0.470. The fourth-order valence-electron chi connectivity index (χ4n) is 2.08. The van der Waals surface area contributed by atoms with Gasteiger partial charge in [0, 0.05) is 18.1 Å². The Bertz CT molecular complexity index is 336. The summed E-state index contributed by atoms with van der Waals surface area (Å²) < 4.78 is 0. The zero-order valence-electron chi connectivity index (χ0n) is 9.13. The van der Waals surface area contributed by atoms with Gasteiger partial charge in [-0.15, -0.1) is 11.6 Å². The van der Waals surface area contributed by atoms with Crippen molar-refractivity contribution in [3.63, 3.8) is 0 Å². The van der Waals surface area contributed by atoms with Crippen LogP contribution in [0, 0.1) is 5.92 Å². The van der Waals surface area contributed by atoms with Crippen LogP contribution in [0.1, 0.15) is 25.7 Å². The van der Waals surface area contributed by atoms with Gasteiger partial charge >= 0.3 is 0 Å². The maximum atomic E-state index is 6.07. The van der Waals surface area contributed by atoms with Crippen molar-refractivity contribution in [3.05, 3.63) is 23.4 Å². The average Bonchev–Trinajstić information content (AvgIpc) is 2.30. The Morgan fingerprint density at radius 3 is 2.75 bits per heavy atom. The van der Waals surface area contributed by atoms with Gasteiger partial charge in [0.1, 0.15) is 5.82 Å². The molecule has 2 nitrogen and oxygen atoms in total. The van der Waals surface area contributed by atoms with E-state index in [9.17, 15) is 0 Å². The standard InChI is InChI=1S/C12H16Cl2N2/c13-10-5-3-9(4-6-10)8-16-12-11(14)2-1-7-15-12/h1-2,7,9-10H,3-6,8H2,(H,15,16). The predicted molar refractivity (Wildman–Crippen MR) is 69.3 cm³/mol. The highest BCUT2D eigenvalue weighted by Gasteiger charge is 2.19. The summed E-state index contributed by atoms with van der Waals surface area (Å²) in [6, 6.07) is 3.69. The Kier molecular flexibility index (Phi) is 4.30. The van der Waals surface area contributed by atoms with Crippen LogP contribution in [0.5, 0.6) is 0 Å². The quantitative estimate of drug-likeness (QED) is 0.831. The van der Waals surface area contributed by atoms with Crippen molar-refractivity contribution in [1.29, 1.82) is 0 Å². The van der Waals surface area contributed by atoms with Crippen LogP contribution >= 0.6 is 23.2 Å². The molecule has 1 aliphatic rings. The largest absolute Gasteiger partial charge is 0.369 e. The van der Waals surface area contributed by atoms with Gasteiger partial charge in [0.05, 0.1) is 5.02 Å². The number of halogens is 2. The van der Waals surface area contributed by atoms with E-state index in [1.807, 2.05) is 12.1 Å². The topological polar surface area (TPSA) is 24.9 Å². The third-order valence-electron chi connectivity index (χ3n) is 3.09. The molecule has 0 bridgehead atoms. The molecule has 16 heavy (non-hydrogen) atoms. The monoisotopic (exact) mass is 258 g/mol. The summed E-state index contributed by atoms with van der Waals surface area (Å²) in [5.74, 6) is 1.49. The van der Waals surface area contributed by atoms with Crippen molar-refractivity contribution in [2.45, 2.75) is 31.1 Å². The Morgan fingerprint density at radius 1 is 1.31 bits per heavy atom. The molecule has 0 spiro atoms. The van der Waals surface area contributed by atoms with Gasteiger partial charge in [0.2, 0.25) is 0 Å². The summed E-state index contributed by atoms with van der Waals surface area (Å²) >= 11 is 12.1. The van der Waals surface area contributed by atoms with Gasteiger partial charge in [-0.05, 0) is 43.7 Å². The van der Waals surface area contributed by atoms with Crippen LogP contribution in [-0.2, 0) is 0 Å². The summed E-state index contributed by atoms with van der Waals surface area (Å²) in [4.78, 5) is 4.21. The second kappa shape index (κ2) is 5.74. The summed E-state index contributed by atoms with van der Waals surface area (Å²) in [5, 5.41) is 4.38.